The zero-order valence-corrected chi connectivity index (χ0v) is 16.3. The lowest BCUT2D eigenvalue weighted by Gasteiger charge is -2.14. The van der Waals surface area contributed by atoms with Crippen LogP contribution in [-0.2, 0) is 22.4 Å². The number of rotatable bonds is 7. The van der Waals surface area contributed by atoms with E-state index in [1.807, 2.05) is 13.8 Å². The van der Waals surface area contributed by atoms with Gasteiger partial charge < -0.3 is 10.1 Å². The molecule has 1 aromatic carbocycles. The van der Waals surface area contributed by atoms with Crippen molar-refractivity contribution in [3.8, 4) is 5.69 Å². The molecule has 1 atom stereocenters. The molecule has 28 heavy (non-hydrogen) atoms. The number of carbonyl (C=O) groups is 2. The van der Waals surface area contributed by atoms with E-state index in [9.17, 15) is 14.0 Å². The van der Waals surface area contributed by atoms with E-state index in [1.165, 1.54) is 12.1 Å². The van der Waals surface area contributed by atoms with Crippen LogP contribution in [-0.4, -0.2) is 34.3 Å². The van der Waals surface area contributed by atoms with Crippen LogP contribution < -0.4 is 5.32 Å². The molecule has 1 unspecified atom stereocenters. The average Bonchev–Trinajstić information content (AvgIpc) is 3.07. The topological polar surface area (TPSA) is 73.2 Å². The fourth-order valence-electron chi connectivity index (χ4n) is 3.58. The second kappa shape index (κ2) is 8.99. The predicted molar refractivity (Wildman–Crippen MR) is 103 cm³/mol. The molecule has 0 radical (unpaired) electrons. The monoisotopic (exact) mass is 387 g/mol. The molecule has 150 valence electrons. The molecule has 1 amide bonds. The molecule has 0 fully saturated rings. The molecule has 3 rings (SSSR count). The highest BCUT2D eigenvalue weighted by atomic mass is 19.1. The van der Waals surface area contributed by atoms with Crippen molar-refractivity contribution in [2.75, 3.05) is 6.61 Å². The Hall–Kier alpha value is -2.70. The van der Waals surface area contributed by atoms with Crippen LogP contribution in [0.1, 0.15) is 61.3 Å². The van der Waals surface area contributed by atoms with E-state index in [0.29, 0.717) is 5.69 Å². The summed E-state index contributed by atoms with van der Waals surface area (Å²) in [6.07, 6.45) is 5.34. The molecule has 0 saturated heterocycles. The van der Waals surface area contributed by atoms with Crippen LogP contribution in [0.4, 0.5) is 4.39 Å². The van der Waals surface area contributed by atoms with Gasteiger partial charge in [-0.1, -0.05) is 13.3 Å². The van der Waals surface area contributed by atoms with Crippen molar-refractivity contribution in [1.82, 2.24) is 15.1 Å². The SMILES string of the molecule is CCCC(C)NC(=O)COC(=O)c1nn(-c2ccc(F)cc2)c2c1CCCC2. The summed E-state index contributed by atoms with van der Waals surface area (Å²) in [4.78, 5) is 24.6. The van der Waals surface area contributed by atoms with Crippen molar-refractivity contribution in [2.24, 2.45) is 0 Å². The number of esters is 1. The fraction of sp³-hybridized carbons (Fsp3) is 0.476. The smallest absolute Gasteiger partial charge is 0.359 e. The summed E-state index contributed by atoms with van der Waals surface area (Å²) in [5, 5.41) is 7.26. The Morgan fingerprint density at radius 1 is 1.25 bits per heavy atom. The fourth-order valence-corrected chi connectivity index (χ4v) is 3.58. The molecule has 1 heterocycles. The van der Waals surface area contributed by atoms with Crippen molar-refractivity contribution in [3.63, 3.8) is 0 Å². The van der Waals surface area contributed by atoms with Crippen LogP contribution in [0.5, 0.6) is 0 Å². The molecule has 1 N–H and O–H groups in total. The summed E-state index contributed by atoms with van der Waals surface area (Å²) in [6, 6.07) is 6.05. The van der Waals surface area contributed by atoms with Gasteiger partial charge in [0.2, 0.25) is 0 Å². The highest BCUT2D eigenvalue weighted by Crippen LogP contribution is 2.27. The average molecular weight is 387 g/mol. The van der Waals surface area contributed by atoms with Crippen LogP contribution in [0.25, 0.3) is 5.69 Å². The van der Waals surface area contributed by atoms with Gasteiger partial charge in [0.25, 0.3) is 5.91 Å². The zero-order valence-electron chi connectivity index (χ0n) is 16.3. The largest absolute Gasteiger partial charge is 0.451 e. The number of ether oxygens (including phenoxy) is 1. The van der Waals surface area contributed by atoms with Crippen molar-refractivity contribution in [3.05, 3.63) is 47.0 Å². The first-order valence-electron chi connectivity index (χ1n) is 9.82. The number of fused-ring (bicyclic) bond motifs is 1. The van der Waals surface area contributed by atoms with Gasteiger partial charge in [-0.3, -0.25) is 4.79 Å². The van der Waals surface area contributed by atoms with E-state index in [4.69, 9.17) is 4.74 Å². The summed E-state index contributed by atoms with van der Waals surface area (Å²) in [5.41, 5.74) is 2.75. The molecule has 1 aromatic heterocycles. The number of hydrogen-bond acceptors (Lipinski definition) is 4. The third-order valence-electron chi connectivity index (χ3n) is 4.91. The third kappa shape index (κ3) is 4.58. The highest BCUT2D eigenvalue weighted by Gasteiger charge is 2.27. The molecule has 7 heteroatoms. The molecule has 0 spiro atoms. The number of aromatic nitrogens is 2. The lowest BCUT2D eigenvalue weighted by molar-refractivity contribution is -0.124. The van der Waals surface area contributed by atoms with Gasteiger partial charge >= 0.3 is 5.97 Å². The number of hydrogen-bond donors (Lipinski definition) is 1. The molecule has 0 bridgehead atoms. The minimum atomic E-state index is -0.600. The number of amides is 1. The van der Waals surface area contributed by atoms with Gasteiger partial charge in [0.15, 0.2) is 12.3 Å². The predicted octanol–water partition coefficient (Wildman–Crippen LogP) is 3.35. The first kappa shape index (κ1) is 20.0. The normalized spacial score (nSPS) is 14.2. The molecule has 0 saturated carbocycles. The molecular formula is C21H26FN3O3. The Morgan fingerprint density at radius 3 is 2.68 bits per heavy atom. The number of nitrogens with zero attached hydrogens (tertiary/aromatic N) is 2. The van der Waals surface area contributed by atoms with E-state index in [1.54, 1.807) is 16.8 Å². The van der Waals surface area contributed by atoms with Gasteiger partial charge in [0, 0.05) is 17.3 Å². The minimum absolute atomic E-state index is 0.0432. The van der Waals surface area contributed by atoms with Gasteiger partial charge in [-0.15, -0.1) is 0 Å². The van der Waals surface area contributed by atoms with E-state index < -0.39 is 5.97 Å². The zero-order chi connectivity index (χ0) is 20.1. The third-order valence-corrected chi connectivity index (χ3v) is 4.91. The second-order valence-electron chi connectivity index (χ2n) is 7.20. The first-order valence-corrected chi connectivity index (χ1v) is 9.82. The second-order valence-corrected chi connectivity index (χ2v) is 7.20. The summed E-state index contributed by atoms with van der Waals surface area (Å²) >= 11 is 0. The van der Waals surface area contributed by atoms with E-state index in [0.717, 1.165) is 49.8 Å². The Labute approximate surface area is 164 Å². The lowest BCUT2D eigenvalue weighted by atomic mass is 9.95. The van der Waals surface area contributed by atoms with E-state index >= 15 is 0 Å². The standard InChI is InChI=1S/C21H26FN3O3/c1-3-6-14(2)23-19(26)13-28-21(27)20-17-7-4-5-8-18(17)25(24-20)16-11-9-15(22)10-12-16/h9-12,14H,3-8,13H2,1-2H3,(H,23,26). The number of carbonyl (C=O) groups excluding carboxylic acids is 2. The molecule has 6 nitrogen and oxygen atoms in total. The summed E-state index contributed by atoms with van der Waals surface area (Å²) in [5.74, 6) is -1.24. The van der Waals surface area contributed by atoms with Crippen molar-refractivity contribution < 1.29 is 18.7 Å². The van der Waals surface area contributed by atoms with E-state index in [-0.39, 0.29) is 30.1 Å². The van der Waals surface area contributed by atoms with Crippen LogP contribution >= 0.6 is 0 Å². The molecule has 2 aromatic rings. The maximum Gasteiger partial charge on any atom is 0.359 e. The summed E-state index contributed by atoms with van der Waals surface area (Å²) < 4.78 is 20.2. The summed E-state index contributed by atoms with van der Waals surface area (Å²) in [7, 11) is 0. The summed E-state index contributed by atoms with van der Waals surface area (Å²) in [6.45, 7) is 3.64. The molecule has 1 aliphatic carbocycles. The Bertz CT molecular complexity index is 845. The van der Waals surface area contributed by atoms with Gasteiger partial charge in [-0.05, 0) is 63.3 Å². The number of nitrogens with one attached hydrogen (secondary N) is 1. The first-order chi connectivity index (χ1) is 13.5. The van der Waals surface area contributed by atoms with Gasteiger partial charge in [-0.2, -0.15) is 5.10 Å². The van der Waals surface area contributed by atoms with Crippen molar-refractivity contribution in [1.29, 1.82) is 0 Å². The molecular weight excluding hydrogens is 361 g/mol. The van der Waals surface area contributed by atoms with Gasteiger partial charge in [-0.25, -0.2) is 13.9 Å². The van der Waals surface area contributed by atoms with Gasteiger partial charge in [0.1, 0.15) is 5.82 Å². The number of benzene rings is 1. The van der Waals surface area contributed by atoms with Crippen molar-refractivity contribution in [2.45, 2.75) is 58.4 Å². The van der Waals surface area contributed by atoms with Crippen LogP contribution in [0.3, 0.4) is 0 Å². The van der Waals surface area contributed by atoms with Crippen molar-refractivity contribution >= 4 is 11.9 Å². The minimum Gasteiger partial charge on any atom is -0.451 e. The van der Waals surface area contributed by atoms with Crippen LogP contribution in [0, 0.1) is 5.82 Å². The maximum atomic E-state index is 13.2. The Kier molecular flexibility index (Phi) is 6.44. The van der Waals surface area contributed by atoms with Crippen LogP contribution in [0.2, 0.25) is 0 Å². The maximum absolute atomic E-state index is 13.2. The highest BCUT2D eigenvalue weighted by molar-refractivity contribution is 5.91. The lowest BCUT2D eigenvalue weighted by Crippen LogP contribution is -2.35. The number of halogens is 1. The molecule has 0 aliphatic heterocycles. The van der Waals surface area contributed by atoms with Gasteiger partial charge in [0.05, 0.1) is 5.69 Å². The molecule has 1 aliphatic rings. The Balaban J connectivity index is 1.75. The quantitative estimate of drug-likeness (QED) is 0.740. The van der Waals surface area contributed by atoms with E-state index in [2.05, 4.69) is 10.4 Å². The van der Waals surface area contributed by atoms with Crippen LogP contribution in [0.15, 0.2) is 24.3 Å². The Morgan fingerprint density at radius 2 is 1.96 bits per heavy atom.